The molecule has 2 rings (SSSR count). The molecule has 6 heteroatoms. The van der Waals surface area contributed by atoms with Crippen molar-refractivity contribution in [2.75, 3.05) is 6.61 Å². The van der Waals surface area contributed by atoms with Crippen LogP contribution >= 0.6 is 11.6 Å². The first kappa shape index (κ1) is 17.1. The Kier molecular flexibility index (Phi) is 5.82. The lowest BCUT2D eigenvalue weighted by Crippen LogP contribution is -2.24. The maximum atomic E-state index is 11.7. The normalized spacial score (nSPS) is 11.0. The van der Waals surface area contributed by atoms with Gasteiger partial charge in [0.2, 0.25) is 0 Å². The van der Waals surface area contributed by atoms with Gasteiger partial charge in [0.15, 0.2) is 6.61 Å². The van der Waals surface area contributed by atoms with E-state index in [2.05, 4.69) is 22.0 Å². The zero-order valence-electron chi connectivity index (χ0n) is 13.5. The summed E-state index contributed by atoms with van der Waals surface area (Å²) in [4.78, 5) is 11.7. The van der Waals surface area contributed by atoms with Crippen LogP contribution < -0.4 is 10.2 Å². The van der Waals surface area contributed by atoms with Crippen LogP contribution in [-0.2, 0) is 11.3 Å². The number of hydrogen-bond donors (Lipinski definition) is 1. The Balaban J connectivity index is 1.85. The molecule has 1 aromatic heterocycles. The Labute approximate surface area is 140 Å². The molecule has 0 aliphatic heterocycles. The number of amides is 1. The smallest absolute Gasteiger partial charge is 0.277 e. The van der Waals surface area contributed by atoms with E-state index in [-0.39, 0.29) is 12.5 Å². The van der Waals surface area contributed by atoms with Gasteiger partial charge in [0.25, 0.3) is 5.91 Å². The molecule has 1 N–H and O–H groups in total. The highest BCUT2D eigenvalue weighted by molar-refractivity contribution is 6.30. The number of rotatable bonds is 6. The van der Waals surface area contributed by atoms with Gasteiger partial charge in [0.05, 0.1) is 6.21 Å². The van der Waals surface area contributed by atoms with Crippen LogP contribution in [0.15, 0.2) is 35.4 Å². The summed E-state index contributed by atoms with van der Waals surface area (Å²) in [7, 11) is 0. The SMILES string of the molecule is CCn1c(C)cc(/C=N\NC(=O)COc2ccc(Cl)cc2)c1C. The molecule has 0 bridgehead atoms. The second-order valence-electron chi connectivity index (χ2n) is 5.11. The number of nitrogens with one attached hydrogen (secondary N) is 1. The lowest BCUT2D eigenvalue weighted by Gasteiger charge is -2.05. The summed E-state index contributed by atoms with van der Waals surface area (Å²) in [6, 6.07) is 8.86. The number of hydrazone groups is 1. The van der Waals surface area contributed by atoms with Crippen molar-refractivity contribution in [3.8, 4) is 5.75 Å². The van der Waals surface area contributed by atoms with E-state index in [1.54, 1.807) is 30.5 Å². The molecule has 0 atom stereocenters. The first-order chi connectivity index (χ1) is 11.0. The Morgan fingerprint density at radius 1 is 1.35 bits per heavy atom. The lowest BCUT2D eigenvalue weighted by molar-refractivity contribution is -0.123. The molecule has 0 unspecified atom stereocenters. The van der Waals surface area contributed by atoms with Crippen LogP contribution in [0, 0.1) is 13.8 Å². The highest BCUT2D eigenvalue weighted by Gasteiger charge is 2.06. The van der Waals surface area contributed by atoms with E-state index in [9.17, 15) is 4.79 Å². The predicted molar refractivity (Wildman–Crippen MR) is 92.3 cm³/mol. The fourth-order valence-corrected chi connectivity index (χ4v) is 2.46. The second kappa shape index (κ2) is 7.83. The Morgan fingerprint density at radius 2 is 2.04 bits per heavy atom. The van der Waals surface area contributed by atoms with Gasteiger partial charge in [0.1, 0.15) is 5.75 Å². The third kappa shape index (κ3) is 4.60. The van der Waals surface area contributed by atoms with Crippen LogP contribution in [0.25, 0.3) is 0 Å². The quantitative estimate of drug-likeness (QED) is 0.651. The van der Waals surface area contributed by atoms with Crippen molar-refractivity contribution in [1.82, 2.24) is 9.99 Å². The van der Waals surface area contributed by atoms with E-state index >= 15 is 0 Å². The van der Waals surface area contributed by atoms with E-state index in [1.807, 2.05) is 19.9 Å². The standard InChI is InChI=1S/C17H20ClN3O2/c1-4-21-12(2)9-14(13(21)3)10-19-20-17(22)11-23-16-7-5-15(18)6-8-16/h5-10H,4,11H2,1-3H3,(H,20,22)/b19-10-. The van der Waals surface area contributed by atoms with Crippen LogP contribution in [0.3, 0.4) is 0 Å². The molecule has 1 aromatic carbocycles. The summed E-state index contributed by atoms with van der Waals surface area (Å²) in [6.45, 7) is 6.98. The molecule has 23 heavy (non-hydrogen) atoms. The number of halogens is 1. The summed E-state index contributed by atoms with van der Waals surface area (Å²) in [5.41, 5.74) is 5.74. The summed E-state index contributed by atoms with van der Waals surface area (Å²) in [5.74, 6) is 0.264. The van der Waals surface area contributed by atoms with Crippen molar-refractivity contribution in [1.29, 1.82) is 0 Å². The number of aromatic nitrogens is 1. The summed E-state index contributed by atoms with van der Waals surface area (Å²) < 4.78 is 7.53. The zero-order chi connectivity index (χ0) is 16.8. The average molecular weight is 334 g/mol. The van der Waals surface area contributed by atoms with Gasteiger partial charge in [-0.25, -0.2) is 5.43 Å². The van der Waals surface area contributed by atoms with E-state index in [0.29, 0.717) is 10.8 Å². The van der Waals surface area contributed by atoms with Crippen molar-refractivity contribution < 1.29 is 9.53 Å². The molecular formula is C17H20ClN3O2. The third-order valence-electron chi connectivity index (χ3n) is 3.51. The first-order valence-electron chi connectivity index (χ1n) is 7.38. The van der Waals surface area contributed by atoms with Crippen molar-refractivity contribution >= 4 is 23.7 Å². The molecule has 122 valence electrons. The van der Waals surface area contributed by atoms with E-state index in [0.717, 1.165) is 17.8 Å². The van der Waals surface area contributed by atoms with Crippen molar-refractivity contribution in [2.45, 2.75) is 27.3 Å². The number of carbonyl (C=O) groups excluding carboxylic acids is 1. The lowest BCUT2D eigenvalue weighted by atomic mass is 10.3. The van der Waals surface area contributed by atoms with Gasteiger partial charge < -0.3 is 9.30 Å². The van der Waals surface area contributed by atoms with Crippen molar-refractivity contribution in [3.05, 3.63) is 52.3 Å². The monoisotopic (exact) mass is 333 g/mol. The summed E-state index contributed by atoms with van der Waals surface area (Å²) in [5, 5.41) is 4.60. The predicted octanol–water partition coefficient (Wildman–Crippen LogP) is 3.31. The third-order valence-corrected chi connectivity index (χ3v) is 3.76. The number of hydrogen-bond acceptors (Lipinski definition) is 3. The fourth-order valence-electron chi connectivity index (χ4n) is 2.33. The molecule has 0 fully saturated rings. The number of benzene rings is 1. The fraction of sp³-hybridized carbons (Fsp3) is 0.294. The van der Waals surface area contributed by atoms with E-state index in [1.165, 1.54) is 5.69 Å². The van der Waals surface area contributed by atoms with Crippen LogP contribution in [0.4, 0.5) is 0 Å². The maximum Gasteiger partial charge on any atom is 0.277 e. The summed E-state index contributed by atoms with van der Waals surface area (Å²) >= 11 is 5.78. The van der Waals surface area contributed by atoms with Crippen LogP contribution in [0.2, 0.25) is 5.02 Å². The highest BCUT2D eigenvalue weighted by atomic mass is 35.5. The molecule has 1 heterocycles. The highest BCUT2D eigenvalue weighted by Crippen LogP contribution is 2.15. The molecule has 1 amide bonds. The largest absolute Gasteiger partial charge is 0.484 e. The molecule has 5 nitrogen and oxygen atoms in total. The van der Waals surface area contributed by atoms with Gasteiger partial charge in [-0.2, -0.15) is 5.10 Å². The second-order valence-corrected chi connectivity index (χ2v) is 5.54. The van der Waals surface area contributed by atoms with Gasteiger partial charge in [-0.3, -0.25) is 4.79 Å². The Morgan fingerprint density at radius 3 is 2.65 bits per heavy atom. The van der Waals surface area contributed by atoms with Gasteiger partial charge in [-0.15, -0.1) is 0 Å². The molecule has 0 saturated carbocycles. The average Bonchev–Trinajstić information content (AvgIpc) is 2.80. The van der Waals surface area contributed by atoms with Gasteiger partial charge in [-0.05, 0) is 51.1 Å². The number of carbonyl (C=O) groups is 1. The molecule has 0 aliphatic rings. The van der Waals surface area contributed by atoms with Crippen molar-refractivity contribution in [2.24, 2.45) is 5.10 Å². The Bertz CT molecular complexity index is 705. The molecule has 0 aliphatic carbocycles. The van der Waals surface area contributed by atoms with E-state index in [4.69, 9.17) is 16.3 Å². The molecular weight excluding hydrogens is 314 g/mol. The molecule has 0 spiro atoms. The summed E-state index contributed by atoms with van der Waals surface area (Å²) in [6.07, 6.45) is 1.65. The van der Waals surface area contributed by atoms with Crippen LogP contribution in [0.5, 0.6) is 5.75 Å². The maximum absolute atomic E-state index is 11.7. The minimum Gasteiger partial charge on any atom is -0.484 e. The van der Waals surface area contributed by atoms with Crippen LogP contribution in [0.1, 0.15) is 23.9 Å². The van der Waals surface area contributed by atoms with Gasteiger partial charge in [-0.1, -0.05) is 11.6 Å². The molecule has 0 saturated heterocycles. The van der Waals surface area contributed by atoms with Crippen LogP contribution in [-0.4, -0.2) is 23.3 Å². The van der Waals surface area contributed by atoms with Crippen molar-refractivity contribution in [3.63, 3.8) is 0 Å². The molecule has 0 radical (unpaired) electrons. The Hall–Kier alpha value is -2.27. The zero-order valence-corrected chi connectivity index (χ0v) is 14.2. The number of aryl methyl sites for hydroxylation is 1. The minimum absolute atomic E-state index is 0.104. The van der Waals surface area contributed by atoms with Gasteiger partial charge >= 0.3 is 0 Å². The molecule has 2 aromatic rings. The first-order valence-corrected chi connectivity index (χ1v) is 7.76. The van der Waals surface area contributed by atoms with E-state index < -0.39 is 0 Å². The van der Waals surface area contributed by atoms with Gasteiger partial charge in [0, 0.05) is 28.5 Å². The minimum atomic E-state index is -0.319. The number of nitrogens with zero attached hydrogens (tertiary/aromatic N) is 2. The topological polar surface area (TPSA) is 55.6 Å². The number of ether oxygens (including phenoxy) is 1.